The molecule has 0 aliphatic rings. The number of nitrogens with one attached hydrogen (secondary N) is 1. The van der Waals surface area contributed by atoms with Gasteiger partial charge in [0.15, 0.2) is 11.5 Å². The Hall–Kier alpha value is -2.41. The van der Waals surface area contributed by atoms with Crippen molar-refractivity contribution in [1.82, 2.24) is 5.32 Å². The number of benzene rings is 2. The van der Waals surface area contributed by atoms with Crippen LogP contribution in [-0.4, -0.2) is 26.7 Å². The third-order valence-corrected chi connectivity index (χ3v) is 3.96. The van der Waals surface area contributed by atoms with Gasteiger partial charge in [-0.25, -0.2) is 0 Å². The lowest BCUT2D eigenvalue weighted by molar-refractivity contribution is -0.137. The van der Waals surface area contributed by atoms with E-state index in [0.717, 1.165) is 12.1 Å². The third-order valence-electron chi connectivity index (χ3n) is 3.68. The van der Waals surface area contributed by atoms with E-state index in [1.807, 2.05) is 0 Å². The summed E-state index contributed by atoms with van der Waals surface area (Å²) in [5.41, 5.74) is 0.272. The Labute approximate surface area is 153 Å². The second-order valence-corrected chi connectivity index (χ2v) is 5.80. The van der Waals surface area contributed by atoms with Crippen LogP contribution < -0.4 is 14.8 Å². The lowest BCUT2D eigenvalue weighted by atomic mass is 10.1. The van der Waals surface area contributed by atoms with E-state index < -0.39 is 11.7 Å². The minimum Gasteiger partial charge on any atom is -0.493 e. The van der Waals surface area contributed by atoms with Gasteiger partial charge in [0.1, 0.15) is 0 Å². The van der Waals surface area contributed by atoms with E-state index in [9.17, 15) is 18.0 Å². The third kappa shape index (κ3) is 4.82. The summed E-state index contributed by atoms with van der Waals surface area (Å²) in [5, 5.41) is 2.93. The first-order chi connectivity index (χ1) is 12.3. The molecule has 0 heterocycles. The van der Waals surface area contributed by atoms with Crippen molar-refractivity contribution >= 4 is 17.5 Å². The Morgan fingerprint density at radius 3 is 2.31 bits per heavy atom. The van der Waals surface area contributed by atoms with Crippen LogP contribution in [-0.2, 0) is 12.6 Å². The Kier molecular flexibility index (Phi) is 6.37. The SMILES string of the molecule is COc1cc(C(=O)NCCc2ccc(C(F)(F)F)cc2)cc(Cl)c1OC. The highest BCUT2D eigenvalue weighted by atomic mass is 35.5. The van der Waals surface area contributed by atoms with E-state index in [-0.39, 0.29) is 17.5 Å². The predicted octanol–water partition coefficient (Wildman–Crippen LogP) is 4.35. The molecule has 0 aliphatic carbocycles. The van der Waals surface area contributed by atoms with E-state index in [0.29, 0.717) is 29.0 Å². The van der Waals surface area contributed by atoms with Gasteiger partial charge in [-0.2, -0.15) is 13.2 Å². The van der Waals surface area contributed by atoms with Crippen molar-refractivity contribution in [2.75, 3.05) is 20.8 Å². The number of carbonyl (C=O) groups is 1. The molecular weight excluding hydrogens is 371 g/mol. The highest BCUT2D eigenvalue weighted by Gasteiger charge is 2.29. The van der Waals surface area contributed by atoms with Crippen molar-refractivity contribution in [1.29, 1.82) is 0 Å². The van der Waals surface area contributed by atoms with Crippen LogP contribution in [0.2, 0.25) is 5.02 Å². The van der Waals surface area contributed by atoms with Crippen molar-refractivity contribution in [3.8, 4) is 11.5 Å². The minimum absolute atomic E-state index is 0.236. The summed E-state index contributed by atoms with van der Waals surface area (Å²) in [6.45, 7) is 0.260. The van der Waals surface area contributed by atoms with Crippen LogP contribution in [0.15, 0.2) is 36.4 Å². The van der Waals surface area contributed by atoms with Crippen LogP contribution in [0.1, 0.15) is 21.5 Å². The number of halogens is 4. The molecule has 2 rings (SSSR count). The van der Waals surface area contributed by atoms with Crippen molar-refractivity contribution in [3.63, 3.8) is 0 Å². The molecule has 0 bridgehead atoms. The highest BCUT2D eigenvalue weighted by Crippen LogP contribution is 2.36. The molecular formula is C18H17ClF3NO3. The standard InChI is InChI=1S/C18H17ClF3NO3/c1-25-15-10-12(9-14(19)16(15)26-2)17(24)23-8-7-11-3-5-13(6-4-11)18(20,21)22/h3-6,9-10H,7-8H2,1-2H3,(H,23,24). The number of hydrogen-bond donors (Lipinski definition) is 1. The fourth-order valence-corrected chi connectivity index (χ4v) is 2.62. The summed E-state index contributed by atoms with van der Waals surface area (Å²) < 4.78 is 47.8. The number of methoxy groups -OCH3 is 2. The van der Waals surface area contributed by atoms with Gasteiger partial charge < -0.3 is 14.8 Å². The van der Waals surface area contributed by atoms with Gasteiger partial charge in [-0.3, -0.25) is 4.79 Å². The molecule has 0 saturated carbocycles. The Bertz CT molecular complexity index is 776. The molecule has 8 heteroatoms. The molecule has 0 saturated heterocycles. The summed E-state index contributed by atoms with van der Waals surface area (Å²) in [7, 11) is 2.87. The fourth-order valence-electron chi connectivity index (χ4n) is 2.33. The smallest absolute Gasteiger partial charge is 0.416 e. The molecule has 26 heavy (non-hydrogen) atoms. The molecule has 0 aliphatic heterocycles. The van der Waals surface area contributed by atoms with Crippen molar-refractivity contribution in [2.24, 2.45) is 0 Å². The van der Waals surface area contributed by atoms with E-state index >= 15 is 0 Å². The fraction of sp³-hybridized carbons (Fsp3) is 0.278. The zero-order valence-electron chi connectivity index (χ0n) is 14.1. The van der Waals surface area contributed by atoms with Crippen LogP contribution in [0.3, 0.4) is 0 Å². The molecule has 0 atom stereocenters. The first-order valence-electron chi connectivity index (χ1n) is 7.62. The van der Waals surface area contributed by atoms with Crippen LogP contribution in [0.4, 0.5) is 13.2 Å². The molecule has 2 aromatic rings. The van der Waals surface area contributed by atoms with Crippen LogP contribution in [0.25, 0.3) is 0 Å². The second kappa shape index (κ2) is 8.31. The summed E-state index contributed by atoms with van der Waals surface area (Å²) in [5.74, 6) is 0.281. The summed E-state index contributed by atoms with van der Waals surface area (Å²) in [6, 6.07) is 7.77. The summed E-state index contributed by atoms with van der Waals surface area (Å²) in [4.78, 5) is 12.2. The van der Waals surface area contributed by atoms with Crippen molar-refractivity contribution in [2.45, 2.75) is 12.6 Å². The van der Waals surface area contributed by atoms with Gasteiger partial charge in [-0.05, 0) is 36.2 Å². The molecule has 1 N–H and O–H groups in total. The average molecular weight is 388 g/mol. The van der Waals surface area contributed by atoms with Gasteiger partial charge >= 0.3 is 6.18 Å². The number of amides is 1. The molecule has 0 fully saturated rings. The van der Waals surface area contributed by atoms with E-state index in [2.05, 4.69) is 5.32 Å². The zero-order chi connectivity index (χ0) is 19.3. The number of alkyl halides is 3. The van der Waals surface area contributed by atoms with E-state index in [4.69, 9.17) is 21.1 Å². The largest absolute Gasteiger partial charge is 0.493 e. The maximum Gasteiger partial charge on any atom is 0.416 e. The second-order valence-electron chi connectivity index (χ2n) is 5.39. The zero-order valence-corrected chi connectivity index (χ0v) is 14.9. The number of ether oxygens (including phenoxy) is 2. The number of hydrogen-bond acceptors (Lipinski definition) is 3. The molecule has 1 amide bonds. The molecule has 2 aromatic carbocycles. The van der Waals surface area contributed by atoms with E-state index in [1.54, 1.807) is 0 Å². The first-order valence-corrected chi connectivity index (χ1v) is 8.00. The molecule has 4 nitrogen and oxygen atoms in total. The van der Waals surface area contributed by atoms with Crippen molar-refractivity contribution < 1.29 is 27.4 Å². The molecule has 140 valence electrons. The summed E-state index contributed by atoms with van der Waals surface area (Å²) in [6.07, 6.45) is -3.97. The number of rotatable bonds is 6. The Balaban J connectivity index is 1.98. The van der Waals surface area contributed by atoms with Gasteiger partial charge in [0.25, 0.3) is 5.91 Å². The van der Waals surface area contributed by atoms with Gasteiger partial charge in [-0.1, -0.05) is 23.7 Å². The highest BCUT2D eigenvalue weighted by molar-refractivity contribution is 6.32. The molecule has 0 radical (unpaired) electrons. The monoisotopic (exact) mass is 387 g/mol. The lowest BCUT2D eigenvalue weighted by Crippen LogP contribution is -2.25. The maximum absolute atomic E-state index is 12.5. The lowest BCUT2D eigenvalue weighted by Gasteiger charge is -2.12. The quantitative estimate of drug-likeness (QED) is 0.801. The Morgan fingerprint density at radius 2 is 1.77 bits per heavy atom. The van der Waals surface area contributed by atoms with Gasteiger partial charge in [0.2, 0.25) is 0 Å². The summed E-state index contributed by atoms with van der Waals surface area (Å²) >= 11 is 6.06. The average Bonchev–Trinajstić information content (AvgIpc) is 2.60. The molecule has 0 unspecified atom stereocenters. The minimum atomic E-state index is -4.36. The molecule has 0 aromatic heterocycles. The maximum atomic E-state index is 12.5. The van der Waals surface area contributed by atoms with Crippen molar-refractivity contribution in [3.05, 3.63) is 58.1 Å². The first kappa shape index (κ1) is 19.9. The topological polar surface area (TPSA) is 47.6 Å². The van der Waals surface area contributed by atoms with Crippen LogP contribution >= 0.6 is 11.6 Å². The van der Waals surface area contributed by atoms with E-state index in [1.165, 1.54) is 38.5 Å². The van der Waals surface area contributed by atoms with Gasteiger partial charge in [0, 0.05) is 12.1 Å². The van der Waals surface area contributed by atoms with Gasteiger partial charge in [-0.15, -0.1) is 0 Å². The van der Waals surface area contributed by atoms with Crippen LogP contribution in [0.5, 0.6) is 11.5 Å². The van der Waals surface area contributed by atoms with Crippen LogP contribution in [0, 0.1) is 0 Å². The van der Waals surface area contributed by atoms with Gasteiger partial charge in [0.05, 0.1) is 24.8 Å². The number of carbonyl (C=O) groups excluding carboxylic acids is 1. The molecule has 0 spiro atoms. The Morgan fingerprint density at radius 1 is 1.12 bits per heavy atom. The normalized spacial score (nSPS) is 11.2. The predicted molar refractivity (Wildman–Crippen MR) is 92.0 cm³/mol.